The lowest BCUT2D eigenvalue weighted by molar-refractivity contribution is -0.870. The van der Waals surface area contributed by atoms with Crippen LogP contribution in [0.2, 0.25) is 0 Å². The molecule has 0 aliphatic heterocycles. The molecule has 0 saturated carbocycles. The Morgan fingerprint density at radius 1 is 0.452 bits per heavy atom. The molecular weight excluding hydrogens is 924 g/mol. The van der Waals surface area contributed by atoms with Gasteiger partial charge in [-0.1, -0.05) is 328 Å². The summed E-state index contributed by atoms with van der Waals surface area (Å²) in [6, 6.07) is -0.842. The molecule has 8 nitrogen and oxygen atoms in total. The summed E-state index contributed by atoms with van der Waals surface area (Å²) in [5, 5.41) is 14.0. The molecule has 0 aliphatic rings. The third kappa shape index (κ3) is 58.8. The topological polar surface area (TPSA) is 105 Å². The normalized spacial score (nSPS) is 13.8. The van der Waals surface area contributed by atoms with Gasteiger partial charge in [-0.2, -0.15) is 0 Å². The van der Waals surface area contributed by atoms with Gasteiger partial charge in [0.25, 0.3) is 0 Å². The number of carbonyl (C=O) groups excluding carboxylic acids is 1. The molecule has 0 radical (unpaired) electrons. The molecule has 0 aromatic heterocycles. The number of quaternary nitrogens is 1. The Morgan fingerprint density at radius 3 is 1.01 bits per heavy atom. The second kappa shape index (κ2) is 56.0. The second-order valence-electron chi connectivity index (χ2n) is 23.9. The summed E-state index contributed by atoms with van der Waals surface area (Å²) in [7, 11) is 1.59. The molecule has 1 unspecified atom stereocenters. The molecule has 3 atom stereocenters. The highest BCUT2D eigenvalue weighted by molar-refractivity contribution is 7.47. The predicted octanol–water partition coefficient (Wildman–Crippen LogP) is 20.2. The van der Waals surface area contributed by atoms with Crippen LogP contribution >= 0.6 is 7.82 Å². The Balaban J connectivity index is 3.96. The number of rotatable bonds is 61. The first-order valence-electron chi connectivity index (χ1n) is 32.6. The van der Waals surface area contributed by atoms with E-state index in [1.165, 1.54) is 289 Å². The number of phosphoric ester groups is 1. The largest absolute Gasteiger partial charge is 0.472 e. The maximum atomic E-state index is 13.0. The molecule has 0 aromatic carbocycles. The van der Waals surface area contributed by atoms with E-state index in [1.54, 1.807) is 6.08 Å². The van der Waals surface area contributed by atoms with Gasteiger partial charge in [0.15, 0.2) is 0 Å². The van der Waals surface area contributed by atoms with Gasteiger partial charge in [0, 0.05) is 6.42 Å². The van der Waals surface area contributed by atoms with Crippen LogP contribution in [0.15, 0.2) is 12.2 Å². The zero-order valence-electron chi connectivity index (χ0n) is 49.9. The first-order chi connectivity index (χ1) is 35.5. The molecule has 0 aliphatic carbocycles. The van der Waals surface area contributed by atoms with E-state index in [1.807, 2.05) is 27.2 Å². The molecule has 0 rings (SSSR count). The average Bonchev–Trinajstić information content (AvgIpc) is 3.35. The van der Waals surface area contributed by atoms with Crippen molar-refractivity contribution in [2.24, 2.45) is 0 Å². The van der Waals surface area contributed by atoms with E-state index in [-0.39, 0.29) is 19.1 Å². The minimum Gasteiger partial charge on any atom is -0.387 e. The third-order valence-electron chi connectivity index (χ3n) is 15.3. The number of aliphatic hydroxyl groups excluding tert-OH is 1. The van der Waals surface area contributed by atoms with Gasteiger partial charge < -0.3 is 19.8 Å². The molecule has 0 heterocycles. The summed E-state index contributed by atoms with van der Waals surface area (Å²) in [6.07, 6.45) is 70.6. The Hall–Kier alpha value is -0.760. The van der Waals surface area contributed by atoms with Crippen molar-refractivity contribution in [1.29, 1.82) is 0 Å². The Kier molecular flexibility index (Phi) is 55.4. The number of phosphoric acid groups is 1. The first kappa shape index (κ1) is 72.2. The van der Waals surface area contributed by atoms with Gasteiger partial charge in [0.05, 0.1) is 39.9 Å². The van der Waals surface area contributed by atoms with Crippen LogP contribution in [0.4, 0.5) is 0 Å². The van der Waals surface area contributed by atoms with Gasteiger partial charge in [0.1, 0.15) is 13.2 Å². The fourth-order valence-corrected chi connectivity index (χ4v) is 10.9. The van der Waals surface area contributed by atoms with Crippen LogP contribution in [0.3, 0.4) is 0 Å². The summed E-state index contributed by atoms with van der Waals surface area (Å²) in [4.78, 5) is 23.3. The molecule has 0 bridgehead atoms. The number of likely N-dealkylation sites (N-methyl/N-ethyl adjacent to an activating group) is 1. The minimum atomic E-state index is -4.34. The fourth-order valence-electron chi connectivity index (χ4n) is 10.2. The van der Waals surface area contributed by atoms with Crippen LogP contribution in [-0.4, -0.2) is 73.4 Å². The third-order valence-corrected chi connectivity index (χ3v) is 16.2. The standard InChI is InChI=1S/C64H129N2O6P/c1-6-8-10-12-14-16-18-20-22-24-25-26-27-28-29-30-31-32-33-34-35-36-37-38-39-40-42-44-46-48-50-52-54-56-58-64(68)65-62(61-72-73(69,70)71-60-59-66(3,4)5)63(67)57-55-53-51-49-47-45-43-41-23-21-19-17-15-13-11-9-7-2/h55,57,62-63,67H,6-54,56,58-61H2,1-5H3,(H-,65,68,69,70)/p+1/b57-55+/t62-,63+/m0/s1. The number of amides is 1. The highest BCUT2D eigenvalue weighted by Gasteiger charge is 2.28. The van der Waals surface area contributed by atoms with E-state index in [0.717, 1.165) is 32.1 Å². The van der Waals surface area contributed by atoms with Gasteiger partial charge in [-0.25, -0.2) is 4.57 Å². The summed E-state index contributed by atoms with van der Waals surface area (Å²) in [5.74, 6) is -0.168. The number of hydrogen-bond acceptors (Lipinski definition) is 5. The number of unbranched alkanes of at least 4 members (excludes halogenated alkanes) is 48. The molecule has 0 saturated heterocycles. The van der Waals surface area contributed by atoms with Crippen LogP contribution in [0.25, 0.3) is 0 Å². The van der Waals surface area contributed by atoms with Gasteiger partial charge in [-0.05, 0) is 19.3 Å². The number of nitrogens with one attached hydrogen (secondary N) is 1. The number of carbonyl (C=O) groups is 1. The van der Waals surface area contributed by atoms with Gasteiger partial charge in [0.2, 0.25) is 5.91 Å². The van der Waals surface area contributed by atoms with Crippen LogP contribution in [0, 0.1) is 0 Å². The molecule has 0 fully saturated rings. The van der Waals surface area contributed by atoms with E-state index >= 15 is 0 Å². The van der Waals surface area contributed by atoms with Crippen LogP contribution in [-0.2, 0) is 18.4 Å². The van der Waals surface area contributed by atoms with Gasteiger partial charge >= 0.3 is 7.82 Å². The zero-order valence-corrected chi connectivity index (χ0v) is 50.8. The quantitative estimate of drug-likeness (QED) is 0.0243. The maximum Gasteiger partial charge on any atom is 0.472 e. The molecule has 0 aromatic rings. The molecule has 73 heavy (non-hydrogen) atoms. The summed E-state index contributed by atoms with van der Waals surface area (Å²) < 4.78 is 23.7. The summed E-state index contributed by atoms with van der Waals surface area (Å²) in [6.45, 7) is 4.87. The Labute approximate surface area is 456 Å². The van der Waals surface area contributed by atoms with Crippen LogP contribution < -0.4 is 5.32 Å². The number of allylic oxidation sites excluding steroid dienone is 1. The van der Waals surface area contributed by atoms with Crippen molar-refractivity contribution in [2.75, 3.05) is 40.9 Å². The average molecular weight is 1050 g/mol. The predicted molar refractivity (Wildman–Crippen MR) is 319 cm³/mol. The van der Waals surface area contributed by atoms with Crippen LogP contribution in [0.5, 0.6) is 0 Å². The lowest BCUT2D eigenvalue weighted by Crippen LogP contribution is -2.45. The van der Waals surface area contributed by atoms with Gasteiger partial charge in [-0.3, -0.25) is 13.8 Å². The smallest absolute Gasteiger partial charge is 0.387 e. The van der Waals surface area contributed by atoms with Crippen molar-refractivity contribution in [3.05, 3.63) is 12.2 Å². The number of aliphatic hydroxyl groups is 1. The Morgan fingerprint density at radius 2 is 0.726 bits per heavy atom. The Bertz CT molecular complexity index is 1200. The van der Waals surface area contributed by atoms with Crippen molar-refractivity contribution in [1.82, 2.24) is 5.32 Å². The first-order valence-corrected chi connectivity index (χ1v) is 34.1. The molecule has 436 valence electrons. The number of hydrogen-bond donors (Lipinski definition) is 3. The van der Waals surface area contributed by atoms with E-state index in [4.69, 9.17) is 9.05 Å². The summed E-state index contributed by atoms with van der Waals surface area (Å²) in [5.41, 5.74) is 0. The van der Waals surface area contributed by atoms with Crippen molar-refractivity contribution in [3.8, 4) is 0 Å². The highest BCUT2D eigenvalue weighted by atomic mass is 31.2. The van der Waals surface area contributed by atoms with E-state index in [2.05, 4.69) is 19.2 Å². The van der Waals surface area contributed by atoms with Gasteiger partial charge in [-0.15, -0.1) is 0 Å². The fraction of sp³-hybridized carbons (Fsp3) is 0.953. The van der Waals surface area contributed by atoms with Crippen LogP contribution in [0.1, 0.15) is 341 Å². The molecule has 0 spiro atoms. The van der Waals surface area contributed by atoms with Crippen molar-refractivity contribution in [2.45, 2.75) is 353 Å². The lowest BCUT2D eigenvalue weighted by atomic mass is 10.0. The molecule has 9 heteroatoms. The lowest BCUT2D eigenvalue weighted by Gasteiger charge is -2.25. The second-order valence-corrected chi connectivity index (χ2v) is 25.3. The number of nitrogens with zero attached hydrogens (tertiary/aromatic N) is 1. The monoisotopic (exact) mass is 1050 g/mol. The van der Waals surface area contributed by atoms with E-state index in [0.29, 0.717) is 17.4 Å². The van der Waals surface area contributed by atoms with Crippen molar-refractivity contribution < 1.29 is 32.9 Å². The highest BCUT2D eigenvalue weighted by Crippen LogP contribution is 2.43. The van der Waals surface area contributed by atoms with Crippen molar-refractivity contribution >= 4 is 13.7 Å². The molecule has 1 amide bonds. The maximum absolute atomic E-state index is 13.0. The summed E-state index contributed by atoms with van der Waals surface area (Å²) >= 11 is 0. The van der Waals surface area contributed by atoms with Crippen molar-refractivity contribution in [3.63, 3.8) is 0 Å². The van der Waals surface area contributed by atoms with E-state index in [9.17, 15) is 19.4 Å². The molecule has 3 N–H and O–H groups in total. The van der Waals surface area contributed by atoms with E-state index < -0.39 is 20.0 Å². The zero-order chi connectivity index (χ0) is 53.5. The minimum absolute atomic E-state index is 0.0652. The SMILES string of the molecule is CCCCCCCCCCCCCCCCC/C=C/[C@@H](O)[C@H](COP(=O)(O)OCC[N+](C)(C)C)NC(=O)CCCCCCCCCCCCCCCCCCCCCCCCCCCCCCCCCCCC. The molecular formula is C64H130N2O6P+.